The van der Waals surface area contributed by atoms with Gasteiger partial charge in [-0.3, -0.25) is 4.79 Å². The number of benzene rings is 1. The van der Waals surface area contributed by atoms with Crippen LogP contribution >= 0.6 is 0 Å². The van der Waals surface area contributed by atoms with Crippen LogP contribution in [0.4, 0.5) is 0 Å². The first-order chi connectivity index (χ1) is 7.24. The van der Waals surface area contributed by atoms with Crippen LogP contribution in [0, 0.1) is 0 Å². The maximum Gasteiger partial charge on any atom is 0.244 e. The van der Waals surface area contributed by atoms with Crippen LogP contribution in [-0.4, -0.2) is 17.6 Å². The molecule has 0 heterocycles. The molecular formula is C12H15NO2. The number of phenols is 1. The van der Waals surface area contributed by atoms with E-state index in [1.54, 1.807) is 24.3 Å². The fourth-order valence-corrected chi connectivity index (χ4v) is 1.10. The fraction of sp³-hybridized carbons (Fsp3) is 0.250. The van der Waals surface area contributed by atoms with Crippen molar-refractivity contribution < 1.29 is 9.90 Å². The number of phenolic OH excluding ortho intramolecular Hbond substituents is 1. The first kappa shape index (κ1) is 11.3. The van der Waals surface area contributed by atoms with Crippen molar-refractivity contribution in [2.45, 2.75) is 13.3 Å². The molecule has 1 aromatic carbocycles. The van der Waals surface area contributed by atoms with E-state index in [0.29, 0.717) is 12.1 Å². The third-order valence-corrected chi connectivity index (χ3v) is 1.90. The summed E-state index contributed by atoms with van der Waals surface area (Å²) in [7, 11) is 0. The summed E-state index contributed by atoms with van der Waals surface area (Å²) in [4.78, 5) is 11.2. The van der Waals surface area contributed by atoms with Gasteiger partial charge >= 0.3 is 0 Å². The first-order valence-corrected chi connectivity index (χ1v) is 4.98. The molecule has 0 saturated carbocycles. The van der Waals surface area contributed by atoms with Crippen LogP contribution < -0.4 is 5.32 Å². The molecule has 1 aromatic rings. The molecule has 0 radical (unpaired) electrons. The van der Waals surface area contributed by atoms with E-state index in [9.17, 15) is 9.90 Å². The third-order valence-electron chi connectivity index (χ3n) is 1.90. The predicted octanol–water partition coefficient (Wildman–Crippen LogP) is 1.93. The van der Waals surface area contributed by atoms with Gasteiger partial charge in [-0.15, -0.1) is 0 Å². The fourth-order valence-electron chi connectivity index (χ4n) is 1.10. The molecule has 80 valence electrons. The Morgan fingerprint density at radius 2 is 2.20 bits per heavy atom. The Morgan fingerprint density at radius 3 is 2.87 bits per heavy atom. The van der Waals surface area contributed by atoms with Gasteiger partial charge in [0.2, 0.25) is 5.91 Å². The van der Waals surface area contributed by atoms with Crippen LogP contribution in [0.25, 0.3) is 6.08 Å². The normalized spacial score (nSPS) is 10.5. The zero-order valence-electron chi connectivity index (χ0n) is 8.73. The maximum absolute atomic E-state index is 11.2. The molecule has 0 aliphatic heterocycles. The molecule has 0 fully saturated rings. The second-order valence-corrected chi connectivity index (χ2v) is 3.18. The molecule has 2 N–H and O–H groups in total. The van der Waals surface area contributed by atoms with E-state index in [-0.39, 0.29) is 11.7 Å². The zero-order chi connectivity index (χ0) is 11.1. The third kappa shape index (κ3) is 3.85. The summed E-state index contributed by atoms with van der Waals surface area (Å²) in [6.07, 6.45) is 3.93. The maximum atomic E-state index is 11.2. The summed E-state index contributed by atoms with van der Waals surface area (Å²) in [6.45, 7) is 2.66. The van der Waals surface area contributed by atoms with Crippen LogP contribution in [0.2, 0.25) is 0 Å². The smallest absolute Gasteiger partial charge is 0.244 e. The lowest BCUT2D eigenvalue weighted by Gasteiger charge is -1.99. The lowest BCUT2D eigenvalue weighted by atomic mass is 10.2. The van der Waals surface area contributed by atoms with Crippen molar-refractivity contribution in [3.8, 4) is 5.75 Å². The van der Waals surface area contributed by atoms with E-state index < -0.39 is 0 Å². The SMILES string of the molecule is CCCNC(=O)/C=C/c1ccccc1O. The summed E-state index contributed by atoms with van der Waals surface area (Å²) in [5.74, 6) is 0.0390. The Hall–Kier alpha value is -1.77. The van der Waals surface area contributed by atoms with Crippen LogP contribution in [0.15, 0.2) is 30.3 Å². The van der Waals surface area contributed by atoms with Gasteiger partial charge in [0.25, 0.3) is 0 Å². The Labute approximate surface area is 89.4 Å². The van der Waals surface area contributed by atoms with Crippen LogP contribution in [0.3, 0.4) is 0 Å². The number of aromatic hydroxyl groups is 1. The van der Waals surface area contributed by atoms with Crippen LogP contribution in [0.1, 0.15) is 18.9 Å². The zero-order valence-corrected chi connectivity index (χ0v) is 8.73. The van der Waals surface area contributed by atoms with Crippen molar-refractivity contribution in [3.63, 3.8) is 0 Å². The molecular weight excluding hydrogens is 190 g/mol. The first-order valence-electron chi connectivity index (χ1n) is 4.98. The summed E-state index contributed by atoms with van der Waals surface area (Å²) in [5, 5.41) is 12.1. The van der Waals surface area contributed by atoms with Gasteiger partial charge in [0.1, 0.15) is 5.75 Å². The van der Waals surface area contributed by atoms with Crippen LogP contribution in [0.5, 0.6) is 5.75 Å². The number of hydrogen-bond donors (Lipinski definition) is 2. The van der Waals surface area contributed by atoms with Gasteiger partial charge in [0.05, 0.1) is 0 Å². The van der Waals surface area contributed by atoms with Gasteiger partial charge in [-0.1, -0.05) is 25.1 Å². The molecule has 15 heavy (non-hydrogen) atoms. The highest BCUT2D eigenvalue weighted by Gasteiger charge is 1.96. The number of nitrogens with one attached hydrogen (secondary N) is 1. The van der Waals surface area contributed by atoms with Gasteiger partial charge in [0.15, 0.2) is 0 Å². The standard InChI is InChI=1S/C12H15NO2/c1-2-9-13-12(15)8-7-10-5-3-4-6-11(10)14/h3-8,14H,2,9H2,1H3,(H,13,15)/b8-7+. The summed E-state index contributed by atoms with van der Waals surface area (Å²) < 4.78 is 0. The topological polar surface area (TPSA) is 49.3 Å². The van der Waals surface area contributed by atoms with Crippen molar-refractivity contribution >= 4 is 12.0 Å². The molecule has 3 heteroatoms. The van der Waals surface area contributed by atoms with Crippen molar-refractivity contribution in [1.29, 1.82) is 0 Å². The van der Waals surface area contributed by atoms with Gasteiger partial charge < -0.3 is 10.4 Å². The van der Waals surface area contributed by atoms with Crippen LogP contribution in [-0.2, 0) is 4.79 Å². The average Bonchev–Trinajstić information content (AvgIpc) is 2.25. The van der Waals surface area contributed by atoms with E-state index >= 15 is 0 Å². The predicted molar refractivity (Wildman–Crippen MR) is 60.4 cm³/mol. The Bertz CT molecular complexity index is 358. The second kappa shape index (κ2) is 5.86. The Morgan fingerprint density at radius 1 is 1.47 bits per heavy atom. The minimum Gasteiger partial charge on any atom is -0.507 e. The number of amides is 1. The number of hydrogen-bond acceptors (Lipinski definition) is 2. The Kier molecular flexibility index (Phi) is 4.41. The molecule has 0 aromatic heterocycles. The largest absolute Gasteiger partial charge is 0.507 e. The van der Waals surface area contributed by atoms with Crippen molar-refractivity contribution in [3.05, 3.63) is 35.9 Å². The Balaban J connectivity index is 2.58. The van der Waals surface area contributed by atoms with Crippen molar-refractivity contribution in [2.24, 2.45) is 0 Å². The minimum absolute atomic E-state index is 0.139. The van der Waals surface area contributed by atoms with E-state index in [2.05, 4.69) is 5.32 Å². The molecule has 0 aliphatic carbocycles. The van der Waals surface area contributed by atoms with Gasteiger partial charge in [0, 0.05) is 18.2 Å². The van der Waals surface area contributed by atoms with Crippen molar-refractivity contribution in [2.75, 3.05) is 6.54 Å². The number of carbonyl (C=O) groups is 1. The highest BCUT2D eigenvalue weighted by atomic mass is 16.3. The van der Waals surface area contributed by atoms with Gasteiger partial charge in [-0.25, -0.2) is 0 Å². The lowest BCUT2D eigenvalue weighted by molar-refractivity contribution is -0.116. The van der Waals surface area contributed by atoms with E-state index in [0.717, 1.165) is 6.42 Å². The molecule has 0 spiro atoms. The second-order valence-electron chi connectivity index (χ2n) is 3.18. The summed E-state index contributed by atoms with van der Waals surface area (Å²) in [5.41, 5.74) is 0.643. The molecule has 0 atom stereocenters. The van der Waals surface area contributed by atoms with Crippen molar-refractivity contribution in [1.82, 2.24) is 5.32 Å². The summed E-state index contributed by atoms with van der Waals surface area (Å²) in [6, 6.07) is 6.88. The average molecular weight is 205 g/mol. The number of rotatable bonds is 4. The molecule has 0 aliphatic rings. The monoisotopic (exact) mass is 205 g/mol. The molecule has 0 unspecified atom stereocenters. The number of carbonyl (C=O) groups excluding carboxylic acids is 1. The van der Waals surface area contributed by atoms with Gasteiger partial charge in [-0.2, -0.15) is 0 Å². The summed E-state index contributed by atoms with van der Waals surface area (Å²) >= 11 is 0. The highest BCUT2D eigenvalue weighted by Crippen LogP contribution is 2.16. The quantitative estimate of drug-likeness (QED) is 0.738. The molecule has 0 bridgehead atoms. The molecule has 3 nitrogen and oxygen atoms in total. The lowest BCUT2D eigenvalue weighted by Crippen LogP contribution is -2.21. The molecule has 1 rings (SSSR count). The molecule has 0 saturated heterocycles. The van der Waals surface area contributed by atoms with E-state index in [1.807, 2.05) is 13.0 Å². The number of para-hydroxylation sites is 1. The van der Waals surface area contributed by atoms with E-state index in [4.69, 9.17) is 0 Å². The minimum atomic E-state index is -0.139. The molecule has 1 amide bonds. The highest BCUT2D eigenvalue weighted by molar-refractivity contribution is 5.92. The van der Waals surface area contributed by atoms with Gasteiger partial charge in [-0.05, 0) is 18.6 Å². The van der Waals surface area contributed by atoms with E-state index in [1.165, 1.54) is 6.08 Å².